The highest BCUT2D eigenvalue weighted by Gasteiger charge is 2.41. The van der Waals surface area contributed by atoms with Crippen molar-refractivity contribution in [1.82, 2.24) is 5.32 Å². The van der Waals surface area contributed by atoms with Gasteiger partial charge in [-0.1, -0.05) is 13.8 Å². The van der Waals surface area contributed by atoms with Crippen LogP contribution in [0.3, 0.4) is 0 Å². The fourth-order valence-corrected chi connectivity index (χ4v) is 3.10. The topological polar surface area (TPSA) is 21.3 Å². The van der Waals surface area contributed by atoms with Gasteiger partial charge < -0.3 is 10.1 Å². The van der Waals surface area contributed by atoms with E-state index in [4.69, 9.17) is 4.74 Å². The Kier molecular flexibility index (Phi) is 3.13. The van der Waals surface area contributed by atoms with Crippen molar-refractivity contribution in [3.8, 4) is 0 Å². The van der Waals surface area contributed by atoms with E-state index in [2.05, 4.69) is 19.2 Å². The molecule has 0 aliphatic carbocycles. The normalized spacial score (nSPS) is 44.1. The molecule has 0 aromatic heterocycles. The standard InChI is InChI=1S/C12H23NO/c1-3-11-8-12(5-7-14-11)4-6-13-9-10(12)2/h10-11,13H,3-9H2,1-2H3. The monoisotopic (exact) mass is 197 g/mol. The van der Waals surface area contributed by atoms with Crippen LogP contribution in [0.2, 0.25) is 0 Å². The smallest absolute Gasteiger partial charge is 0.0578 e. The first-order chi connectivity index (χ1) is 6.77. The Morgan fingerprint density at radius 2 is 2.29 bits per heavy atom. The maximum Gasteiger partial charge on any atom is 0.0578 e. The lowest BCUT2D eigenvalue weighted by atomic mass is 9.65. The van der Waals surface area contributed by atoms with Crippen LogP contribution < -0.4 is 5.32 Å². The van der Waals surface area contributed by atoms with Crippen LogP contribution in [-0.2, 0) is 4.74 Å². The molecule has 82 valence electrons. The van der Waals surface area contributed by atoms with Crippen molar-refractivity contribution in [2.45, 2.75) is 45.6 Å². The van der Waals surface area contributed by atoms with Gasteiger partial charge in [-0.15, -0.1) is 0 Å². The lowest BCUT2D eigenvalue weighted by Gasteiger charge is -2.48. The quantitative estimate of drug-likeness (QED) is 0.696. The highest BCUT2D eigenvalue weighted by Crippen LogP contribution is 2.45. The van der Waals surface area contributed by atoms with Crippen molar-refractivity contribution >= 4 is 0 Å². The number of nitrogens with one attached hydrogen (secondary N) is 1. The summed E-state index contributed by atoms with van der Waals surface area (Å²) in [6.45, 7) is 8.06. The molecule has 2 aliphatic rings. The molecule has 0 aromatic rings. The van der Waals surface area contributed by atoms with Crippen LogP contribution in [0.15, 0.2) is 0 Å². The van der Waals surface area contributed by atoms with Crippen LogP contribution in [0, 0.1) is 11.3 Å². The number of rotatable bonds is 1. The SMILES string of the molecule is CCC1CC2(CCNCC2C)CCO1. The minimum atomic E-state index is 0.532. The molecule has 2 saturated heterocycles. The van der Waals surface area contributed by atoms with Crippen molar-refractivity contribution in [1.29, 1.82) is 0 Å². The summed E-state index contributed by atoms with van der Waals surface area (Å²) < 4.78 is 5.78. The molecular weight excluding hydrogens is 174 g/mol. The number of hydrogen-bond acceptors (Lipinski definition) is 2. The van der Waals surface area contributed by atoms with E-state index < -0.39 is 0 Å². The molecule has 14 heavy (non-hydrogen) atoms. The van der Waals surface area contributed by atoms with E-state index in [1.807, 2.05) is 0 Å². The summed E-state index contributed by atoms with van der Waals surface area (Å²) in [5.74, 6) is 0.828. The zero-order chi connectivity index (χ0) is 10.0. The van der Waals surface area contributed by atoms with Crippen molar-refractivity contribution in [2.75, 3.05) is 19.7 Å². The van der Waals surface area contributed by atoms with E-state index in [9.17, 15) is 0 Å². The van der Waals surface area contributed by atoms with Crippen LogP contribution in [0.25, 0.3) is 0 Å². The second-order valence-corrected chi connectivity index (χ2v) is 5.07. The predicted molar refractivity (Wildman–Crippen MR) is 58.3 cm³/mol. The number of piperidine rings is 1. The highest BCUT2D eigenvalue weighted by atomic mass is 16.5. The lowest BCUT2D eigenvalue weighted by molar-refractivity contribution is -0.0800. The molecule has 0 radical (unpaired) electrons. The Balaban J connectivity index is 2.04. The molecule has 2 heteroatoms. The third-order valence-electron chi connectivity index (χ3n) is 4.34. The zero-order valence-electron chi connectivity index (χ0n) is 9.51. The molecule has 2 aliphatic heterocycles. The zero-order valence-corrected chi connectivity index (χ0v) is 9.51. The summed E-state index contributed by atoms with van der Waals surface area (Å²) in [4.78, 5) is 0. The van der Waals surface area contributed by atoms with Gasteiger partial charge in [0.2, 0.25) is 0 Å². The molecule has 0 amide bonds. The molecule has 3 atom stereocenters. The minimum absolute atomic E-state index is 0.532. The van der Waals surface area contributed by atoms with Gasteiger partial charge in [-0.2, -0.15) is 0 Å². The van der Waals surface area contributed by atoms with Gasteiger partial charge in [0.1, 0.15) is 0 Å². The van der Waals surface area contributed by atoms with E-state index in [0.717, 1.165) is 12.5 Å². The summed E-state index contributed by atoms with van der Waals surface area (Å²) in [7, 11) is 0. The summed E-state index contributed by atoms with van der Waals surface area (Å²) in [6.07, 6.45) is 5.65. The van der Waals surface area contributed by atoms with Crippen LogP contribution in [-0.4, -0.2) is 25.8 Å². The second-order valence-electron chi connectivity index (χ2n) is 5.07. The molecule has 0 bridgehead atoms. The third kappa shape index (κ3) is 1.82. The minimum Gasteiger partial charge on any atom is -0.378 e. The lowest BCUT2D eigenvalue weighted by Crippen LogP contribution is -2.48. The average Bonchev–Trinajstić information content (AvgIpc) is 2.23. The molecule has 2 heterocycles. The average molecular weight is 197 g/mol. The van der Waals surface area contributed by atoms with Gasteiger partial charge in [-0.25, -0.2) is 0 Å². The van der Waals surface area contributed by atoms with Crippen LogP contribution in [0.5, 0.6) is 0 Å². The van der Waals surface area contributed by atoms with Gasteiger partial charge in [0.05, 0.1) is 6.10 Å². The molecule has 2 fully saturated rings. The Hall–Kier alpha value is -0.0800. The van der Waals surface area contributed by atoms with Crippen molar-refractivity contribution in [3.63, 3.8) is 0 Å². The van der Waals surface area contributed by atoms with Crippen molar-refractivity contribution in [2.24, 2.45) is 11.3 Å². The van der Waals surface area contributed by atoms with Gasteiger partial charge in [0, 0.05) is 6.61 Å². The van der Waals surface area contributed by atoms with E-state index in [-0.39, 0.29) is 0 Å². The molecular formula is C12H23NO. The highest BCUT2D eigenvalue weighted by molar-refractivity contribution is 4.93. The van der Waals surface area contributed by atoms with E-state index in [1.54, 1.807) is 0 Å². The molecule has 3 unspecified atom stereocenters. The maximum atomic E-state index is 5.78. The van der Waals surface area contributed by atoms with Gasteiger partial charge in [0.25, 0.3) is 0 Å². The van der Waals surface area contributed by atoms with Gasteiger partial charge >= 0.3 is 0 Å². The van der Waals surface area contributed by atoms with Gasteiger partial charge in [-0.3, -0.25) is 0 Å². The Morgan fingerprint density at radius 1 is 1.43 bits per heavy atom. The molecule has 1 N–H and O–H groups in total. The van der Waals surface area contributed by atoms with E-state index in [1.165, 1.54) is 38.8 Å². The molecule has 2 nitrogen and oxygen atoms in total. The number of hydrogen-bond donors (Lipinski definition) is 1. The maximum absolute atomic E-state index is 5.78. The number of ether oxygens (including phenoxy) is 1. The van der Waals surface area contributed by atoms with Gasteiger partial charge in [0.15, 0.2) is 0 Å². The second kappa shape index (κ2) is 4.19. The van der Waals surface area contributed by atoms with Crippen LogP contribution in [0.4, 0.5) is 0 Å². The molecule has 1 spiro atoms. The Morgan fingerprint density at radius 3 is 3.00 bits per heavy atom. The van der Waals surface area contributed by atoms with Crippen molar-refractivity contribution in [3.05, 3.63) is 0 Å². The fraction of sp³-hybridized carbons (Fsp3) is 1.00. The van der Waals surface area contributed by atoms with Crippen LogP contribution >= 0.6 is 0 Å². The predicted octanol–water partition coefficient (Wildman–Crippen LogP) is 2.19. The first-order valence-electron chi connectivity index (χ1n) is 6.09. The van der Waals surface area contributed by atoms with Crippen molar-refractivity contribution < 1.29 is 4.74 Å². The summed E-state index contributed by atoms with van der Waals surface area (Å²) in [5, 5.41) is 3.50. The largest absolute Gasteiger partial charge is 0.378 e. The fourth-order valence-electron chi connectivity index (χ4n) is 3.10. The summed E-state index contributed by atoms with van der Waals surface area (Å²) in [5.41, 5.74) is 0.601. The third-order valence-corrected chi connectivity index (χ3v) is 4.34. The first-order valence-corrected chi connectivity index (χ1v) is 6.09. The van der Waals surface area contributed by atoms with E-state index in [0.29, 0.717) is 11.5 Å². The Bertz CT molecular complexity index is 191. The first kappa shape index (κ1) is 10.4. The van der Waals surface area contributed by atoms with E-state index >= 15 is 0 Å². The molecule has 0 aromatic carbocycles. The molecule has 0 saturated carbocycles. The summed E-state index contributed by atoms with van der Waals surface area (Å²) in [6, 6.07) is 0. The summed E-state index contributed by atoms with van der Waals surface area (Å²) >= 11 is 0. The van der Waals surface area contributed by atoms with Gasteiger partial charge in [-0.05, 0) is 50.1 Å². The molecule has 2 rings (SSSR count). The Labute approximate surface area is 87.4 Å². The van der Waals surface area contributed by atoms with Crippen LogP contribution in [0.1, 0.15) is 39.5 Å².